The molecule has 1 aromatic heterocycles. The van der Waals surface area contributed by atoms with Crippen LogP contribution in [0.2, 0.25) is 0 Å². The van der Waals surface area contributed by atoms with Gasteiger partial charge in [-0.15, -0.1) is 0 Å². The third kappa shape index (κ3) is 3.12. The van der Waals surface area contributed by atoms with Crippen LogP contribution in [-0.4, -0.2) is 118 Å². The normalized spacial score (nSPS) is 36.8. The van der Waals surface area contributed by atoms with E-state index in [-0.39, 0.29) is 36.5 Å². The van der Waals surface area contributed by atoms with Gasteiger partial charge in [-0.3, -0.25) is 24.1 Å². The fourth-order valence-electron chi connectivity index (χ4n) is 8.49. The van der Waals surface area contributed by atoms with Gasteiger partial charge in [0.25, 0.3) is 23.6 Å². The number of hydrogen-bond donors (Lipinski definition) is 3. The molecule has 0 saturated carbocycles. The summed E-state index contributed by atoms with van der Waals surface area (Å²) in [5.74, 6) is -1.11. The first-order valence-electron chi connectivity index (χ1n) is 15.1. The molecule has 7 fully saturated rings. The summed E-state index contributed by atoms with van der Waals surface area (Å²) in [7, 11) is 9.90. The molecule has 12 nitrogen and oxygen atoms in total. The molecule has 7 saturated heterocycles. The molecule has 8 aliphatic rings. The van der Waals surface area contributed by atoms with E-state index in [1.54, 1.807) is 26.0 Å². The van der Waals surface area contributed by atoms with Gasteiger partial charge in [-0.2, -0.15) is 0 Å². The molecule has 3 aromatic rings. The van der Waals surface area contributed by atoms with Crippen LogP contribution in [0.25, 0.3) is 10.9 Å². The van der Waals surface area contributed by atoms with E-state index in [0.717, 1.165) is 27.7 Å². The van der Waals surface area contributed by atoms with Crippen molar-refractivity contribution in [1.82, 2.24) is 24.2 Å². The highest BCUT2D eigenvalue weighted by molar-refractivity contribution is 8.78. The van der Waals surface area contributed by atoms with E-state index in [0.29, 0.717) is 0 Å². The highest BCUT2D eigenvalue weighted by atomic mass is 33.1. The van der Waals surface area contributed by atoms with Crippen molar-refractivity contribution in [3.8, 4) is 0 Å². The van der Waals surface area contributed by atoms with Gasteiger partial charge < -0.3 is 34.8 Å². The number of piperazine rings is 2. The highest BCUT2D eigenvalue weighted by Crippen LogP contribution is 2.69. The maximum absolute atomic E-state index is 14.4. The first-order chi connectivity index (χ1) is 22.5. The molecule has 9 heterocycles. The molecule has 1 spiro atoms. The lowest BCUT2D eigenvalue weighted by molar-refractivity contribution is -0.166. The number of hydrogen-bond acceptors (Lipinski definition) is 11. The van der Waals surface area contributed by atoms with Crippen LogP contribution in [0.1, 0.15) is 17.5 Å². The largest absolute Gasteiger partial charge is 0.392 e. The first-order valence-corrected chi connectivity index (χ1v) is 19.4. The van der Waals surface area contributed by atoms with Gasteiger partial charge in [0.2, 0.25) is 9.74 Å². The van der Waals surface area contributed by atoms with Gasteiger partial charge in [-0.1, -0.05) is 58.0 Å². The predicted molar refractivity (Wildman–Crippen MR) is 182 cm³/mol. The third-order valence-corrected chi connectivity index (χ3v) is 18.4. The van der Waals surface area contributed by atoms with Crippen LogP contribution in [0.15, 0.2) is 54.7 Å². The lowest BCUT2D eigenvalue weighted by atomic mass is 9.86. The summed E-state index contributed by atoms with van der Waals surface area (Å²) < 4.78 is 2.16. The number of rotatable bonds is 5. The molecule has 0 radical (unpaired) electrons. The van der Waals surface area contributed by atoms with Crippen molar-refractivity contribution >= 4 is 83.4 Å². The second-order valence-electron chi connectivity index (χ2n) is 13.0. The zero-order valence-electron chi connectivity index (χ0n) is 25.5. The summed E-state index contributed by atoms with van der Waals surface area (Å²) in [5.41, 5.74) is 2.55. The number of para-hydroxylation sites is 2. The molecule has 244 valence electrons. The van der Waals surface area contributed by atoms with Gasteiger partial charge in [-0.25, -0.2) is 0 Å². The van der Waals surface area contributed by atoms with E-state index in [1.807, 2.05) is 54.7 Å². The maximum Gasteiger partial charge on any atom is 0.265 e. The number of nitrogens with zero attached hydrogens (tertiary/aromatic N) is 5. The number of nitrogens with one attached hydrogen (secondary N) is 1. The Morgan fingerprint density at radius 3 is 2.13 bits per heavy atom. The molecule has 11 rings (SSSR count). The highest BCUT2D eigenvalue weighted by Gasteiger charge is 2.78. The molecule has 3 N–H and O–H groups in total. The Labute approximate surface area is 285 Å². The summed E-state index contributed by atoms with van der Waals surface area (Å²) in [6, 6.07) is 15.8. The van der Waals surface area contributed by atoms with Gasteiger partial charge in [0.05, 0.1) is 13.2 Å². The van der Waals surface area contributed by atoms with Gasteiger partial charge >= 0.3 is 0 Å². The summed E-state index contributed by atoms with van der Waals surface area (Å²) in [6.07, 6.45) is 1.85. The summed E-state index contributed by atoms with van der Waals surface area (Å²) >= 11 is 0. The number of fused-ring (bicyclic) bond motifs is 9. The number of likely N-dealkylation sites (N-methyl/N-ethyl adjacent to an activating group) is 3. The van der Waals surface area contributed by atoms with Crippen molar-refractivity contribution in [3.05, 3.63) is 65.9 Å². The molecule has 2 aromatic carbocycles. The smallest absolute Gasteiger partial charge is 0.265 e. The summed E-state index contributed by atoms with van der Waals surface area (Å²) in [5, 5.41) is 25.2. The van der Waals surface area contributed by atoms with Crippen LogP contribution in [-0.2, 0) is 31.1 Å². The van der Waals surface area contributed by atoms with E-state index in [4.69, 9.17) is 0 Å². The third-order valence-electron chi connectivity index (χ3n) is 11.1. The van der Waals surface area contributed by atoms with Crippen LogP contribution >= 0.6 is 43.2 Å². The molecule has 6 atom stereocenters. The molecule has 47 heavy (non-hydrogen) atoms. The zero-order chi connectivity index (χ0) is 32.9. The standard InChI is InChI=1S/C31H30N6O6S4/c1-33-25(42)30(15-38)34(2)23(40)28(33,44-46-30)12-17-13-36(21-11-7-4-8-18(17)21)27-14-29-24(41)35(3)31(16-39,47-45-29)26(43)37(29)22(27)32-20-10-6-5-9-19(20)27/h4-11,13,22,32,38-39H,12,14-16H2,1-3H3/t22-,27?,28+,29+,30+,31+/m1/s1. The van der Waals surface area contributed by atoms with Crippen LogP contribution < -0.4 is 5.32 Å². The molecule has 1 unspecified atom stereocenters. The second kappa shape index (κ2) is 9.36. The minimum atomic E-state index is -1.43. The first kappa shape index (κ1) is 30.1. The molecule has 4 bridgehead atoms. The van der Waals surface area contributed by atoms with Crippen molar-refractivity contribution < 1.29 is 29.4 Å². The Bertz CT molecular complexity index is 1980. The van der Waals surface area contributed by atoms with Crippen LogP contribution in [0.4, 0.5) is 5.69 Å². The molecular weight excluding hydrogens is 681 g/mol. The average Bonchev–Trinajstić information content (AvgIpc) is 3.71. The van der Waals surface area contributed by atoms with Gasteiger partial charge in [0.15, 0.2) is 9.74 Å². The van der Waals surface area contributed by atoms with Gasteiger partial charge in [-0.05, 0) is 39.3 Å². The van der Waals surface area contributed by atoms with E-state index >= 15 is 0 Å². The van der Waals surface area contributed by atoms with E-state index in [2.05, 4.69) is 9.88 Å². The topological polar surface area (TPSA) is 139 Å². The molecular formula is C31H30N6O6S4. The zero-order valence-corrected chi connectivity index (χ0v) is 28.8. The monoisotopic (exact) mass is 710 g/mol. The SMILES string of the molecule is CN1C(=O)[C@]2(Cc3cn(C45C[C@@]67SS[C@@](CO)(C(=O)N6[C@H]4Nc4ccccc45)N(C)C7=O)c4ccccc34)SS[C@@]1(CO)C(=O)N2C. The second-order valence-corrected chi connectivity index (χ2v) is 18.3. The van der Waals surface area contributed by atoms with Crippen molar-refractivity contribution in [2.45, 2.75) is 44.0 Å². The molecule has 8 aliphatic heterocycles. The Kier molecular flexibility index (Phi) is 5.99. The van der Waals surface area contributed by atoms with Crippen LogP contribution in [0.3, 0.4) is 0 Å². The van der Waals surface area contributed by atoms with E-state index in [9.17, 15) is 29.4 Å². The number of aromatic nitrogens is 1. The number of carbonyl (C=O) groups excluding carboxylic acids is 4. The van der Waals surface area contributed by atoms with Gasteiger partial charge in [0, 0.05) is 62.3 Å². The van der Waals surface area contributed by atoms with Crippen molar-refractivity contribution in [1.29, 1.82) is 0 Å². The molecule has 16 heteroatoms. The van der Waals surface area contributed by atoms with Crippen LogP contribution in [0.5, 0.6) is 0 Å². The Morgan fingerprint density at radius 1 is 0.766 bits per heavy atom. The predicted octanol–water partition coefficient (Wildman–Crippen LogP) is 1.87. The Morgan fingerprint density at radius 2 is 1.36 bits per heavy atom. The molecule has 4 amide bonds. The maximum atomic E-state index is 14.4. The molecule has 0 aliphatic carbocycles. The number of aliphatic hydroxyl groups excluding tert-OH is 2. The fourth-order valence-corrected chi connectivity index (χ4v) is 15.7. The van der Waals surface area contributed by atoms with Gasteiger partial charge in [0.1, 0.15) is 11.7 Å². The summed E-state index contributed by atoms with van der Waals surface area (Å²) in [4.78, 5) is 57.1. The Hall–Kier alpha value is -3.02. The summed E-state index contributed by atoms with van der Waals surface area (Å²) in [6.45, 7) is -0.994. The number of anilines is 1. The minimum Gasteiger partial charge on any atom is -0.392 e. The Balaban J connectivity index is 1.25. The number of amides is 4. The van der Waals surface area contributed by atoms with Crippen LogP contribution in [0, 0.1) is 0 Å². The number of carbonyl (C=O) groups is 4. The lowest BCUT2D eigenvalue weighted by Crippen LogP contribution is -2.77. The minimum absolute atomic E-state index is 0.203. The number of benzene rings is 2. The van der Waals surface area contributed by atoms with Crippen molar-refractivity contribution in [2.75, 3.05) is 39.7 Å². The fraction of sp³-hybridized carbons (Fsp3) is 0.419. The number of aliphatic hydroxyl groups is 2. The lowest BCUT2D eigenvalue weighted by Gasteiger charge is -2.58. The van der Waals surface area contributed by atoms with E-state index < -0.39 is 44.4 Å². The van der Waals surface area contributed by atoms with E-state index in [1.165, 1.54) is 57.9 Å². The average molecular weight is 711 g/mol. The van der Waals surface area contributed by atoms with Crippen molar-refractivity contribution in [2.24, 2.45) is 0 Å². The quantitative estimate of drug-likeness (QED) is 0.335. The van der Waals surface area contributed by atoms with Crippen molar-refractivity contribution in [3.63, 3.8) is 0 Å².